The molecule has 0 radical (unpaired) electrons. The number of nitrogens with one attached hydrogen (secondary N) is 1. The molecule has 1 aromatic heterocycles. The second-order valence-corrected chi connectivity index (χ2v) is 10.0. The zero-order valence-corrected chi connectivity index (χ0v) is 18.5. The smallest absolute Gasteiger partial charge is 0.230 e. The number of carbonyl (C=O) groups excluding carboxylic acids is 1. The van der Waals surface area contributed by atoms with Gasteiger partial charge in [0.2, 0.25) is 5.91 Å². The Morgan fingerprint density at radius 2 is 1.77 bits per heavy atom. The summed E-state index contributed by atoms with van der Waals surface area (Å²) in [6.07, 6.45) is 6.72. The summed E-state index contributed by atoms with van der Waals surface area (Å²) in [5, 5.41) is 12.9. The van der Waals surface area contributed by atoms with Gasteiger partial charge in [0.05, 0.1) is 12.9 Å². The molecule has 4 aliphatic rings. The van der Waals surface area contributed by atoms with E-state index in [0.29, 0.717) is 23.6 Å². The molecular formula is C23H30N4O2S. The molecule has 0 spiro atoms. The number of aromatic nitrogens is 3. The van der Waals surface area contributed by atoms with Crippen LogP contribution in [-0.2, 0) is 11.3 Å². The third-order valence-electron chi connectivity index (χ3n) is 7.27. The molecule has 1 heterocycles. The highest BCUT2D eigenvalue weighted by molar-refractivity contribution is 7.99. The fourth-order valence-electron chi connectivity index (χ4n) is 6.15. The molecule has 7 heteroatoms. The van der Waals surface area contributed by atoms with Crippen molar-refractivity contribution in [3.8, 4) is 17.1 Å². The molecule has 6 rings (SSSR count). The molecule has 1 amide bonds. The molecule has 0 atom stereocenters. The number of nitrogens with zero attached hydrogens (tertiary/aromatic N) is 3. The number of hydrogen-bond acceptors (Lipinski definition) is 5. The van der Waals surface area contributed by atoms with Gasteiger partial charge in [-0.3, -0.25) is 4.79 Å². The van der Waals surface area contributed by atoms with E-state index in [1.54, 1.807) is 7.11 Å². The van der Waals surface area contributed by atoms with Gasteiger partial charge < -0.3 is 14.6 Å². The Kier molecular flexibility index (Phi) is 5.48. The van der Waals surface area contributed by atoms with E-state index >= 15 is 0 Å². The van der Waals surface area contributed by atoms with Gasteiger partial charge in [0.15, 0.2) is 11.0 Å². The second-order valence-electron chi connectivity index (χ2n) is 9.09. The third kappa shape index (κ3) is 3.72. The molecule has 4 saturated carbocycles. The van der Waals surface area contributed by atoms with E-state index in [4.69, 9.17) is 4.74 Å². The molecule has 4 fully saturated rings. The number of benzene rings is 1. The normalized spacial score (nSPS) is 29.2. The highest BCUT2D eigenvalue weighted by Crippen LogP contribution is 2.53. The summed E-state index contributed by atoms with van der Waals surface area (Å²) in [4.78, 5) is 12.8. The van der Waals surface area contributed by atoms with Gasteiger partial charge in [-0.1, -0.05) is 11.8 Å². The predicted molar refractivity (Wildman–Crippen MR) is 117 cm³/mol. The zero-order chi connectivity index (χ0) is 20.7. The van der Waals surface area contributed by atoms with Crippen LogP contribution in [0.25, 0.3) is 11.4 Å². The van der Waals surface area contributed by atoms with Crippen molar-refractivity contribution >= 4 is 17.7 Å². The van der Waals surface area contributed by atoms with Crippen molar-refractivity contribution in [2.45, 2.75) is 56.8 Å². The highest BCUT2D eigenvalue weighted by atomic mass is 32.2. The molecule has 0 unspecified atom stereocenters. The summed E-state index contributed by atoms with van der Waals surface area (Å²) < 4.78 is 7.31. The van der Waals surface area contributed by atoms with E-state index < -0.39 is 0 Å². The maximum Gasteiger partial charge on any atom is 0.230 e. The maximum absolute atomic E-state index is 12.8. The van der Waals surface area contributed by atoms with Crippen LogP contribution in [-0.4, -0.2) is 39.6 Å². The Bertz CT molecular complexity index is 882. The number of rotatable bonds is 7. The number of methoxy groups -OCH3 is 1. The lowest BCUT2D eigenvalue weighted by Crippen LogP contribution is -2.56. The molecule has 1 N–H and O–H groups in total. The summed E-state index contributed by atoms with van der Waals surface area (Å²) in [5.41, 5.74) is 0.995. The molecule has 2 aromatic rings. The summed E-state index contributed by atoms with van der Waals surface area (Å²) in [6.45, 7) is 2.84. The number of hydrogen-bond donors (Lipinski definition) is 1. The first-order valence-corrected chi connectivity index (χ1v) is 12.1. The molecule has 160 valence electrons. The van der Waals surface area contributed by atoms with Gasteiger partial charge >= 0.3 is 0 Å². The summed E-state index contributed by atoms with van der Waals surface area (Å²) in [7, 11) is 1.66. The first kappa shape index (κ1) is 19.9. The van der Waals surface area contributed by atoms with E-state index in [0.717, 1.165) is 40.7 Å². The van der Waals surface area contributed by atoms with Crippen molar-refractivity contribution < 1.29 is 9.53 Å². The Morgan fingerprint density at radius 1 is 1.10 bits per heavy atom. The van der Waals surface area contributed by atoms with Crippen molar-refractivity contribution in [2.24, 2.45) is 23.7 Å². The first-order chi connectivity index (χ1) is 14.6. The molecule has 0 aliphatic heterocycles. The number of thioether (sulfide) groups is 1. The van der Waals surface area contributed by atoms with E-state index in [-0.39, 0.29) is 5.91 Å². The van der Waals surface area contributed by atoms with Crippen LogP contribution < -0.4 is 10.1 Å². The van der Waals surface area contributed by atoms with Gasteiger partial charge in [-0.25, -0.2) is 0 Å². The van der Waals surface area contributed by atoms with Crippen molar-refractivity contribution in [3.05, 3.63) is 24.3 Å². The Hall–Kier alpha value is -2.02. The zero-order valence-electron chi connectivity index (χ0n) is 17.7. The van der Waals surface area contributed by atoms with Crippen LogP contribution in [0.2, 0.25) is 0 Å². The highest BCUT2D eigenvalue weighted by Gasteiger charge is 2.48. The van der Waals surface area contributed by atoms with Crippen LogP contribution in [0.3, 0.4) is 0 Å². The second kappa shape index (κ2) is 8.25. The number of amides is 1. The van der Waals surface area contributed by atoms with Gasteiger partial charge in [0.1, 0.15) is 5.75 Å². The Morgan fingerprint density at radius 3 is 2.37 bits per heavy atom. The Balaban J connectivity index is 1.22. The maximum atomic E-state index is 12.8. The van der Waals surface area contributed by atoms with Crippen LogP contribution in [0.5, 0.6) is 5.75 Å². The summed E-state index contributed by atoms with van der Waals surface area (Å²) in [6, 6.07) is 8.22. The van der Waals surface area contributed by atoms with E-state index in [1.165, 1.54) is 43.9 Å². The topological polar surface area (TPSA) is 69.0 Å². The standard InChI is InChI=1S/C23H30N4O2S/c1-3-27-22(16-4-6-19(29-2)7-5-16)25-26-23(27)30-13-20(28)24-21-17-9-14-8-15(11-17)12-18(21)10-14/h4-7,14-15,17-18,21H,3,8-13H2,1-2H3,(H,24,28). The summed E-state index contributed by atoms with van der Waals surface area (Å²) in [5.74, 6) is 5.43. The van der Waals surface area contributed by atoms with Crippen LogP contribution >= 0.6 is 11.8 Å². The van der Waals surface area contributed by atoms with E-state index in [9.17, 15) is 4.79 Å². The minimum absolute atomic E-state index is 0.133. The fraction of sp³-hybridized carbons (Fsp3) is 0.609. The lowest BCUT2D eigenvalue weighted by Gasteiger charge is -2.54. The molecule has 4 bridgehead atoms. The monoisotopic (exact) mass is 426 g/mol. The number of carbonyl (C=O) groups is 1. The SMILES string of the molecule is CCn1c(SCC(=O)NC2C3CC4CC(C3)CC2C4)nnc1-c1ccc(OC)cc1. The van der Waals surface area contributed by atoms with Gasteiger partial charge in [0.25, 0.3) is 0 Å². The molecular weight excluding hydrogens is 396 g/mol. The third-order valence-corrected chi connectivity index (χ3v) is 8.23. The van der Waals surface area contributed by atoms with E-state index in [2.05, 4.69) is 27.0 Å². The molecule has 6 nitrogen and oxygen atoms in total. The molecule has 4 aliphatic carbocycles. The minimum atomic E-state index is 0.133. The van der Waals surface area contributed by atoms with Gasteiger partial charge in [0, 0.05) is 18.2 Å². The Labute approximate surface area is 182 Å². The van der Waals surface area contributed by atoms with Crippen LogP contribution in [0.1, 0.15) is 39.0 Å². The molecule has 1 aromatic carbocycles. The fourth-order valence-corrected chi connectivity index (χ4v) is 6.97. The van der Waals surface area contributed by atoms with Crippen molar-refractivity contribution in [2.75, 3.05) is 12.9 Å². The van der Waals surface area contributed by atoms with Gasteiger partial charge in [-0.15, -0.1) is 10.2 Å². The lowest BCUT2D eigenvalue weighted by atomic mass is 9.54. The average Bonchev–Trinajstić information content (AvgIpc) is 3.17. The number of ether oxygens (including phenoxy) is 1. The molecule has 0 saturated heterocycles. The quantitative estimate of drug-likeness (QED) is 0.678. The molecule has 30 heavy (non-hydrogen) atoms. The lowest BCUT2D eigenvalue weighted by molar-refractivity contribution is -0.122. The van der Waals surface area contributed by atoms with Crippen molar-refractivity contribution in [1.29, 1.82) is 0 Å². The van der Waals surface area contributed by atoms with E-state index in [1.807, 2.05) is 24.3 Å². The average molecular weight is 427 g/mol. The minimum Gasteiger partial charge on any atom is -0.497 e. The van der Waals surface area contributed by atoms with Gasteiger partial charge in [-0.05, 0) is 87.0 Å². The van der Waals surface area contributed by atoms with Crippen molar-refractivity contribution in [1.82, 2.24) is 20.1 Å². The predicted octanol–water partition coefficient (Wildman–Crippen LogP) is 4.01. The first-order valence-electron chi connectivity index (χ1n) is 11.1. The van der Waals surface area contributed by atoms with Crippen LogP contribution in [0, 0.1) is 23.7 Å². The largest absolute Gasteiger partial charge is 0.497 e. The van der Waals surface area contributed by atoms with Crippen LogP contribution in [0.4, 0.5) is 0 Å². The summed E-state index contributed by atoms with van der Waals surface area (Å²) >= 11 is 1.48. The van der Waals surface area contributed by atoms with Crippen LogP contribution in [0.15, 0.2) is 29.4 Å². The van der Waals surface area contributed by atoms with Gasteiger partial charge in [-0.2, -0.15) is 0 Å². The van der Waals surface area contributed by atoms with Crippen molar-refractivity contribution in [3.63, 3.8) is 0 Å².